The number of benzene rings is 1. The van der Waals surface area contributed by atoms with Crippen LogP contribution in [-0.2, 0) is 20.9 Å². The zero-order valence-corrected chi connectivity index (χ0v) is 15.6. The van der Waals surface area contributed by atoms with Gasteiger partial charge in [0.25, 0.3) is 5.91 Å². The molecule has 1 amide bonds. The second kappa shape index (κ2) is 8.05. The van der Waals surface area contributed by atoms with Crippen LogP contribution in [0.15, 0.2) is 58.5 Å². The van der Waals surface area contributed by atoms with Gasteiger partial charge < -0.3 is 9.15 Å². The first-order valence-electron chi connectivity index (χ1n) is 8.96. The SMILES string of the molecule is Cc1ccc(C2=NN(C(=O)COC(=O)Cn3cnnn3)[C@H](c3ccco3)C2)cc1. The highest BCUT2D eigenvalue weighted by Crippen LogP contribution is 2.33. The van der Waals surface area contributed by atoms with Gasteiger partial charge in [0.2, 0.25) is 0 Å². The first kappa shape index (κ1) is 18.5. The van der Waals surface area contributed by atoms with Gasteiger partial charge in [-0.25, -0.2) is 9.69 Å². The van der Waals surface area contributed by atoms with Gasteiger partial charge in [-0.15, -0.1) is 5.10 Å². The number of furan rings is 1. The molecule has 0 spiro atoms. The molecule has 0 fully saturated rings. The molecule has 1 atom stereocenters. The number of amides is 1. The van der Waals surface area contributed by atoms with Crippen LogP contribution < -0.4 is 0 Å². The number of esters is 1. The number of nitrogens with zero attached hydrogens (tertiary/aromatic N) is 6. The lowest BCUT2D eigenvalue weighted by Gasteiger charge is -2.19. The van der Waals surface area contributed by atoms with Gasteiger partial charge in [-0.1, -0.05) is 29.8 Å². The van der Waals surface area contributed by atoms with Crippen molar-refractivity contribution < 1.29 is 18.7 Å². The first-order chi connectivity index (χ1) is 14.1. The molecule has 0 unspecified atom stereocenters. The highest BCUT2D eigenvalue weighted by Gasteiger charge is 2.35. The molecule has 2 aromatic heterocycles. The number of hydrazone groups is 1. The minimum absolute atomic E-state index is 0.181. The summed E-state index contributed by atoms with van der Waals surface area (Å²) in [6, 6.07) is 11.1. The molecule has 3 aromatic rings. The van der Waals surface area contributed by atoms with Crippen molar-refractivity contribution in [1.82, 2.24) is 25.2 Å². The summed E-state index contributed by atoms with van der Waals surface area (Å²) in [5, 5.41) is 16.3. The normalized spacial score (nSPS) is 16.0. The van der Waals surface area contributed by atoms with E-state index in [4.69, 9.17) is 9.15 Å². The lowest BCUT2D eigenvalue weighted by molar-refractivity contribution is -0.153. The number of hydrogen-bond donors (Lipinski definition) is 0. The average molecular weight is 394 g/mol. The number of aromatic nitrogens is 4. The molecule has 0 saturated carbocycles. The number of hydrogen-bond acceptors (Lipinski definition) is 8. The Morgan fingerprint density at radius 3 is 2.76 bits per heavy atom. The Balaban J connectivity index is 1.47. The molecule has 4 rings (SSSR count). The second-order valence-electron chi connectivity index (χ2n) is 6.55. The summed E-state index contributed by atoms with van der Waals surface area (Å²) in [7, 11) is 0. The quantitative estimate of drug-likeness (QED) is 0.582. The molecule has 148 valence electrons. The highest BCUT2D eigenvalue weighted by molar-refractivity contribution is 6.03. The highest BCUT2D eigenvalue weighted by atomic mass is 16.5. The molecule has 0 aliphatic carbocycles. The van der Waals surface area contributed by atoms with Crippen LogP contribution in [0.25, 0.3) is 0 Å². The number of ether oxygens (including phenoxy) is 1. The van der Waals surface area contributed by atoms with Crippen LogP contribution in [0, 0.1) is 6.92 Å². The van der Waals surface area contributed by atoms with Crippen molar-refractivity contribution >= 4 is 17.6 Å². The fourth-order valence-electron chi connectivity index (χ4n) is 3.00. The van der Waals surface area contributed by atoms with Gasteiger partial charge in [0, 0.05) is 6.42 Å². The molecular weight excluding hydrogens is 376 g/mol. The van der Waals surface area contributed by atoms with Crippen LogP contribution in [0.1, 0.15) is 29.3 Å². The van der Waals surface area contributed by atoms with Gasteiger partial charge in [0.05, 0.1) is 12.0 Å². The van der Waals surface area contributed by atoms with E-state index >= 15 is 0 Å². The van der Waals surface area contributed by atoms with Crippen LogP contribution in [0.2, 0.25) is 0 Å². The summed E-state index contributed by atoms with van der Waals surface area (Å²) in [6.07, 6.45) is 3.34. The van der Waals surface area contributed by atoms with Gasteiger partial charge in [-0.3, -0.25) is 9.59 Å². The van der Waals surface area contributed by atoms with Crippen molar-refractivity contribution in [1.29, 1.82) is 0 Å². The summed E-state index contributed by atoms with van der Waals surface area (Å²) in [5.41, 5.74) is 2.83. The maximum absolute atomic E-state index is 12.7. The molecule has 0 radical (unpaired) electrons. The Morgan fingerprint density at radius 2 is 2.07 bits per heavy atom. The fraction of sp³-hybridized carbons (Fsp3) is 0.263. The van der Waals surface area contributed by atoms with E-state index in [1.165, 1.54) is 16.0 Å². The molecule has 10 heteroatoms. The summed E-state index contributed by atoms with van der Waals surface area (Å²) in [6.45, 7) is 1.38. The predicted octanol–water partition coefficient (Wildman–Crippen LogP) is 1.50. The molecule has 1 aliphatic heterocycles. The molecule has 0 saturated heterocycles. The number of rotatable bonds is 6. The number of aryl methyl sites for hydroxylation is 1. The van der Waals surface area contributed by atoms with Crippen LogP contribution >= 0.6 is 0 Å². The Hall–Kier alpha value is -3.82. The lowest BCUT2D eigenvalue weighted by atomic mass is 10.0. The molecule has 0 bridgehead atoms. The van der Waals surface area contributed by atoms with Gasteiger partial charge in [-0.2, -0.15) is 5.10 Å². The van der Waals surface area contributed by atoms with Crippen LogP contribution in [-0.4, -0.2) is 49.4 Å². The third-order valence-electron chi connectivity index (χ3n) is 4.46. The largest absolute Gasteiger partial charge is 0.467 e. The maximum atomic E-state index is 12.7. The zero-order chi connectivity index (χ0) is 20.2. The van der Waals surface area contributed by atoms with Crippen molar-refractivity contribution in [3.63, 3.8) is 0 Å². The molecule has 0 N–H and O–H groups in total. The van der Waals surface area contributed by atoms with Crippen molar-refractivity contribution in [2.24, 2.45) is 5.10 Å². The Bertz CT molecular complexity index is 1010. The van der Waals surface area contributed by atoms with Crippen molar-refractivity contribution in [2.45, 2.75) is 25.9 Å². The fourth-order valence-corrected chi connectivity index (χ4v) is 3.00. The van der Waals surface area contributed by atoms with Crippen molar-refractivity contribution in [2.75, 3.05) is 6.61 Å². The van der Waals surface area contributed by atoms with Crippen LogP contribution in [0.4, 0.5) is 0 Å². The minimum Gasteiger partial charge on any atom is -0.467 e. The molecule has 1 aromatic carbocycles. The van der Waals surface area contributed by atoms with Gasteiger partial charge in [-0.05, 0) is 35.0 Å². The number of tetrazole rings is 1. The number of carbonyl (C=O) groups is 2. The van der Waals surface area contributed by atoms with E-state index in [-0.39, 0.29) is 6.54 Å². The van der Waals surface area contributed by atoms with E-state index < -0.39 is 24.5 Å². The van der Waals surface area contributed by atoms with Crippen molar-refractivity contribution in [3.05, 3.63) is 65.9 Å². The third-order valence-corrected chi connectivity index (χ3v) is 4.46. The summed E-state index contributed by atoms with van der Waals surface area (Å²) in [4.78, 5) is 24.6. The molecule has 3 heterocycles. The smallest absolute Gasteiger partial charge is 0.328 e. The summed E-state index contributed by atoms with van der Waals surface area (Å²) in [5.74, 6) is -0.454. The van der Waals surface area contributed by atoms with Crippen LogP contribution in [0.5, 0.6) is 0 Å². The number of carbonyl (C=O) groups excluding carboxylic acids is 2. The van der Waals surface area contributed by atoms with Gasteiger partial charge in [0.15, 0.2) is 6.61 Å². The Labute approximate surface area is 165 Å². The monoisotopic (exact) mass is 394 g/mol. The zero-order valence-electron chi connectivity index (χ0n) is 15.6. The first-order valence-corrected chi connectivity index (χ1v) is 8.96. The molecular formula is C19H18N6O4. The molecule has 29 heavy (non-hydrogen) atoms. The van der Waals surface area contributed by atoms with Gasteiger partial charge in [0.1, 0.15) is 24.7 Å². The van der Waals surface area contributed by atoms with Crippen LogP contribution in [0.3, 0.4) is 0 Å². The molecule has 10 nitrogen and oxygen atoms in total. The lowest BCUT2D eigenvalue weighted by Crippen LogP contribution is -2.31. The standard InChI is InChI=1S/C19H18N6O4/c1-13-4-6-14(7-5-13)15-9-16(17-3-2-8-28-17)25(21-15)18(26)11-29-19(27)10-24-12-20-22-23-24/h2-8,12,16H,9-11H2,1H3/t16-/m0/s1. The van der Waals surface area contributed by atoms with E-state index in [0.717, 1.165) is 16.8 Å². The third kappa shape index (κ3) is 4.21. The van der Waals surface area contributed by atoms with E-state index in [2.05, 4.69) is 20.6 Å². The average Bonchev–Trinajstić information content (AvgIpc) is 3.47. The molecule has 1 aliphatic rings. The maximum Gasteiger partial charge on any atom is 0.328 e. The van der Waals surface area contributed by atoms with E-state index in [0.29, 0.717) is 12.2 Å². The van der Waals surface area contributed by atoms with Gasteiger partial charge >= 0.3 is 5.97 Å². The van der Waals surface area contributed by atoms with E-state index in [1.807, 2.05) is 31.2 Å². The Kier molecular flexibility index (Phi) is 5.14. The topological polar surface area (TPSA) is 116 Å². The Morgan fingerprint density at radius 1 is 1.24 bits per heavy atom. The predicted molar refractivity (Wildman–Crippen MR) is 99.4 cm³/mol. The minimum atomic E-state index is -0.623. The summed E-state index contributed by atoms with van der Waals surface area (Å²) >= 11 is 0. The summed E-state index contributed by atoms with van der Waals surface area (Å²) < 4.78 is 11.8. The van der Waals surface area contributed by atoms with E-state index in [9.17, 15) is 9.59 Å². The second-order valence-corrected chi connectivity index (χ2v) is 6.55. The van der Waals surface area contributed by atoms with E-state index in [1.54, 1.807) is 18.4 Å². The van der Waals surface area contributed by atoms with Crippen molar-refractivity contribution in [3.8, 4) is 0 Å².